The Bertz CT molecular complexity index is 1200. The zero-order valence-electron chi connectivity index (χ0n) is 17.1. The number of aromatic amines is 1. The predicted octanol–water partition coefficient (Wildman–Crippen LogP) is 5.57. The maximum atomic E-state index is 10.6. The molecule has 156 valence electrons. The molecule has 1 atom stereocenters. The summed E-state index contributed by atoms with van der Waals surface area (Å²) in [5.74, 6) is 1.50. The predicted molar refractivity (Wildman–Crippen MR) is 121 cm³/mol. The highest BCUT2D eigenvalue weighted by molar-refractivity contribution is 5.81. The average molecular weight is 413 g/mol. The number of para-hydroxylation sites is 2. The summed E-state index contributed by atoms with van der Waals surface area (Å²) in [4.78, 5) is 2.91. The molecule has 6 heteroatoms. The number of benzene rings is 3. The van der Waals surface area contributed by atoms with Gasteiger partial charge in [0.05, 0.1) is 35.8 Å². The first-order chi connectivity index (χ1) is 15.2. The molecular weight excluding hydrogens is 390 g/mol. The second-order valence-corrected chi connectivity index (χ2v) is 7.39. The van der Waals surface area contributed by atoms with E-state index < -0.39 is 0 Å². The highest BCUT2D eigenvalue weighted by Crippen LogP contribution is 2.46. The lowest BCUT2D eigenvalue weighted by molar-refractivity contribution is 0.303. The third-order valence-electron chi connectivity index (χ3n) is 5.45. The number of hydrogen-bond donors (Lipinski definition) is 4. The average Bonchev–Trinajstić information content (AvgIpc) is 3.08. The summed E-state index contributed by atoms with van der Waals surface area (Å²) >= 11 is 0. The molecule has 4 N–H and O–H groups in total. The summed E-state index contributed by atoms with van der Waals surface area (Å²) in [5.41, 5.74) is 5.41. The van der Waals surface area contributed by atoms with Crippen LogP contribution in [0.3, 0.4) is 0 Å². The maximum Gasteiger partial charge on any atom is 0.196 e. The Morgan fingerprint density at radius 1 is 0.903 bits per heavy atom. The van der Waals surface area contributed by atoms with Crippen molar-refractivity contribution in [1.82, 2.24) is 4.98 Å². The molecule has 0 spiro atoms. The van der Waals surface area contributed by atoms with Gasteiger partial charge in [-0.2, -0.15) is 0 Å². The van der Waals surface area contributed by atoms with Crippen LogP contribution >= 0.6 is 0 Å². The zero-order valence-corrected chi connectivity index (χ0v) is 17.1. The molecule has 0 amide bonds. The van der Waals surface area contributed by atoms with Crippen molar-refractivity contribution in [2.24, 2.45) is 0 Å². The third-order valence-corrected chi connectivity index (χ3v) is 5.45. The lowest BCUT2D eigenvalue weighted by atomic mass is 9.98. The number of hydrogen-bond acceptors (Lipinski definition) is 5. The Kier molecular flexibility index (Phi) is 4.88. The summed E-state index contributed by atoms with van der Waals surface area (Å²) in [6, 6.07) is 23.4. The topological polar surface area (TPSA) is 78.5 Å². The van der Waals surface area contributed by atoms with Crippen LogP contribution in [-0.4, -0.2) is 17.2 Å². The van der Waals surface area contributed by atoms with Crippen LogP contribution < -0.4 is 20.1 Å². The maximum absolute atomic E-state index is 10.6. The van der Waals surface area contributed by atoms with Crippen molar-refractivity contribution in [2.45, 2.75) is 12.6 Å². The van der Waals surface area contributed by atoms with Gasteiger partial charge in [0, 0.05) is 17.8 Å². The van der Waals surface area contributed by atoms with E-state index in [1.54, 1.807) is 13.3 Å². The van der Waals surface area contributed by atoms with E-state index in [2.05, 4.69) is 15.6 Å². The molecule has 1 aliphatic heterocycles. The molecule has 31 heavy (non-hydrogen) atoms. The number of fused-ring (bicyclic) bond motifs is 2. The van der Waals surface area contributed by atoms with Crippen molar-refractivity contribution in [3.05, 3.63) is 95.7 Å². The first kappa shape index (κ1) is 18.9. The summed E-state index contributed by atoms with van der Waals surface area (Å²) < 4.78 is 11.7. The lowest BCUT2D eigenvalue weighted by Crippen LogP contribution is -2.12. The number of aromatic hydroxyl groups is 1. The van der Waals surface area contributed by atoms with Crippen LogP contribution in [0.1, 0.15) is 22.7 Å². The monoisotopic (exact) mass is 413 g/mol. The van der Waals surface area contributed by atoms with Crippen LogP contribution in [0, 0.1) is 0 Å². The van der Waals surface area contributed by atoms with Crippen molar-refractivity contribution in [1.29, 1.82) is 0 Å². The fraction of sp³-hybridized carbons (Fsp3) is 0.120. The van der Waals surface area contributed by atoms with Gasteiger partial charge in [0.2, 0.25) is 0 Å². The van der Waals surface area contributed by atoms with E-state index in [4.69, 9.17) is 9.47 Å². The molecule has 2 heterocycles. The number of ether oxygens (including phenoxy) is 2. The molecule has 5 rings (SSSR count). The molecular formula is C25H23N3O3. The van der Waals surface area contributed by atoms with Gasteiger partial charge >= 0.3 is 0 Å². The SMILES string of the molecule is COc1cc(OCc2ccccc2)ccc1C1Nc2ccccc2Nc2c[nH]c(O)c21. The molecule has 3 aromatic carbocycles. The number of nitrogens with one attached hydrogen (secondary N) is 3. The van der Waals surface area contributed by atoms with Gasteiger partial charge in [0.25, 0.3) is 0 Å². The quantitative estimate of drug-likeness (QED) is 0.344. The molecule has 0 saturated heterocycles. The largest absolute Gasteiger partial charge is 0.496 e. The van der Waals surface area contributed by atoms with E-state index in [1.165, 1.54) is 0 Å². The van der Waals surface area contributed by atoms with Gasteiger partial charge in [-0.05, 0) is 29.8 Å². The van der Waals surface area contributed by atoms with Crippen LogP contribution in [-0.2, 0) is 6.61 Å². The van der Waals surface area contributed by atoms with Gasteiger partial charge in [-0.25, -0.2) is 0 Å². The van der Waals surface area contributed by atoms with E-state index in [-0.39, 0.29) is 11.9 Å². The molecule has 4 aromatic rings. The molecule has 0 aliphatic carbocycles. The smallest absolute Gasteiger partial charge is 0.196 e. The third kappa shape index (κ3) is 3.64. The summed E-state index contributed by atoms with van der Waals surface area (Å²) in [7, 11) is 1.64. The summed E-state index contributed by atoms with van der Waals surface area (Å²) in [6.45, 7) is 0.477. The molecule has 6 nitrogen and oxygen atoms in total. The van der Waals surface area contributed by atoms with Crippen LogP contribution in [0.2, 0.25) is 0 Å². The van der Waals surface area contributed by atoms with Gasteiger partial charge in [0.15, 0.2) is 5.88 Å². The van der Waals surface area contributed by atoms with E-state index >= 15 is 0 Å². The Morgan fingerprint density at radius 3 is 2.48 bits per heavy atom. The minimum absolute atomic E-state index is 0.110. The highest BCUT2D eigenvalue weighted by atomic mass is 16.5. The molecule has 0 saturated carbocycles. The summed E-state index contributed by atoms with van der Waals surface area (Å²) in [6.07, 6.45) is 1.77. The second kappa shape index (κ2) is 7.99. The van der Waals surface area contributed by atoms with Crippen molar-refractivity contribution in [2.75, 3.05) is 17.7 Å². The fourth-order valence-electron chi connectivity index (χ4n) is 3.90. The van der Waals surface area contributed by atoms with Gasteiger partial charge in [0.1, 0.15) is 18.1 Å². The second-order valence-electron chi connectivity index (χ2n) is 7.39. The zero-order chi connectivity index (χ0) is 21.2. The van der Waals surface area contributed by atoms with Crippen LogP contribution in [0.4, 0.5) is 17.1 Å². The van der Waals surface area contributed by atoms with Gasteiger partial charge in [-0.1, -0.05) is 42.5 Å². The first-order valence-electron chi connectivity index (χ1n) is 10.1. The Balaban J connectivity index is 1.50. The minimum Gasteiger partial charge on any atom is -0.496 e. The van der Waals surface area contributed by atoms with Crippen molar-refractivity contribution in [3.63, 3.8) is 0 Å². The van der Waals surface area contributed by atoms with Gasteiger partial charge in [-0.3, -0.25) is 0 Å². The number of aromatic nitrogens is 1. The fourth-order valence-corrected chi connectivity index (χ4v) is 3.90. The van der Waals surface area contributed by atoms with Crippen molar-refractivity contribution in [3.8, 4) is 17.4 Å². The number of methoxy groups -OCH3 is 1. The number of rotatable bonds is 5. The van der Waals surface area contributed by atoms with E-state index in [9.17, 15) is 5.11 Å². The number of H-pyrrole nitrogens is 1. The molecule has 1 unspecified atom stereocenters. The highest BCUT2D eigenvalue weighted by Gasteiger charge is 2.29. The molecule has 0 fully saturated rings. The minimum atomic E-state index is -0.324. The first-order valence-corrected chi connectivity index (χ1v) is 10.1. The Labute approximate surface area is 180 Å². The molecule has 1 aliphatic rings. The van der Waals surface area contributed by atoms with Crippen LogP contribution in [0.25, 0.3) is 0 Å². The Morgan fingerprint density at radius 2 is 1.68 bits per heavy atom. The standard InChI is InChI=1S/C25H23N3O3/c1-30-22-13-17(31-15-16-7-3-2-4-8-16)11-12-18(22)24-23-21(14-26-25(23)29)27-19-9-5-6-10-20(19)28-24/h2-14,24,26-29H,15H2,1H3. The normalized spacial score (nSPS) is 14.4. The van der Waals surface area contributed by atoms with E-state index in [1.807, 2.05) is 72.8 Å². The Hall–Kier alpha value is -4.06. The van der Waals surface area contributed by atoms with Crippen molar-refractivity contribution >= 4 is 17.1 Å². The van der Waals surface area contributed by atoms with Crippen LogP contribution in [0.5, 0.6) is 17.4 Å². The van der Waals surface area contributed by atoms with Crippen LogP contribution in [0.15, 0.2) is 79.0 Å². The molecule has 1 aromatic heterocycles. The van der Waals surface area contributed by atoms with Gasteiger partial charge in [-0.15, -0.1) is 0 Å². The van der Waals surface area contributed by atoms with Crippen molar-refractivity contribution < 1.29 is 14.6 Å². The molecule has 0 radical (unpaired) electrons. The molecule has 0 bridgehead atoms. The number of anilines is 3. The van der Waals surface area contributed by atoms with Gasteiger partial charge < -0.3 is 30.2 Å². The van der Waals surface area contributed by atoms with E-state index in [0.29, 0.717) is 12.4 Å². The lowest BCUT2D eigenvalue weighted by Gasteiger charge is -2.22. The van der Waals surface area contributed by atoms with E-state index in [0.717, 1.165) is 39.5 Å². The summed E-state index contributed by atoms with van der Waals surface area (Å²) in [5, 5.41) is 17.5.